The largest absolute Gasteiger partial charge is 0.253 e. The van der Waals surface area contributed by atoms with Crippen molar-refractivity contribution >= 4 is 0 Å². The molecule has 0 aliphatic carbocycles. The van der Waals surface area contributed by atoms with Crippen LogP contribution in [0.15, 0.2) is 6.33 Å². The summed E-state index contributed by atoms with van der Waals surface area (Å²) in [7, 11) is 1.93. The zero-order valence-corrected chi connectivity index (χ0v) is 6.70. The van der Waals surface area contributed by atoms with Crippen molar-refractivity contribution < 1.29 is 0 Å². The first-order valence-corrected chi connectivity index (χ1v) is 3.59. The van der Waals surface area contributed by atoms with E-state index < -0.39 is 0 Å². The number of aromatic nitrogens is 3. The fourth-order valence-corrected chi connectivity index (χ4v) is 0.934. The lowest BCUT2D eigenvalue weighted by Gasteiger charge is -2.05. The van der Waals surface area contributed by atoms with Gasteiger partial charge in [0.2, 0.25) is 0 Å². The van der Waals surface area contributed by atoms with Crippen LogP contribution in [0.25, 0.3) is 0 Å². The van der Waals surface area contributed by atoms with Crippen molar-refractivity contribution in [3.8, 4) is 0 Å². The van der Waals surface area contributed by atoms with Gasteiger partial charge in [-0.05, 0) is 6.42 Å². The first-order valence-electron chi connectivity index (χ1n) is 3.59. The molecule has 10 heavy (non-hydrogen) atoms. The predicted octanol–water partition coefficient (Wildman–Crippen LogP) is 1.33. The number of aryl methyl sites for hydroxylation is 1. The molecule has 0 N–H and O–H groups in total. The molecule has 0 fully saturated rings. The van der Waals surface area contributed by atoms with Crippen LogP contribution in [0.1, 0.15) is 32.0 Å². The summed E-state index contributed by atoms with van der Waals surface area (Å²) in [5.74, 6) is 1.59. The van der Waals surface area contributed by atoms with Gasteiger partial charge in [0.05, 0.1) is 0 Å². The van der Waals surface area contributed by atoms with E-state index in [0.29, 0.717) is 5.92 Å². The van der Waals surface area contributed by atoms with Crippen LogP contribution in [0.3, 0.4) is 0 Å². The van der Waals surface area contributed by atoms with Crippen LogP contribution in [0, 0.1) is 0 Å². The molecule has 1 aromatic heterocycles. The van der Waals surface area contributed by atoms with E-state index in [0.717, 1.165) is 12.2 Å². The molecule has 56 valence electrons. The van der Waals surface area contributed by atoms with Crippen LogP contribution in [0.5, 0.6) is 0 Å². The lowest BCUT2D eigenvalue weighted by atomic mass is 10.1. The molecule has 0 saturated heterocycles. The summed E-state index contributed by atoms with van der Waals surface area (Å²) < 4.78 is 1.83. The average molecular weight is 139 g/mol. The van der Waals surface area contributed by atoms with Gasteiger partial charge < -0.3 is 0 Å². The zero-order valence-electron chi connectivity index (χ0n) is 6.70. The van der Waals surface area contributed by atoms with Crippen molar-refractivity contribution in [3.63, 3.8) is 0 Å². The molecule has 0 spiro atoms. The normalized spacial score (nSPS) is 13.5. The number of nitrogens with zero attached hydrogens (tertiary/aromatic N) is 3. The third-order valence-corrected chi connectivity index (χ3v) is 1.80. The Kier molecular flexibility index (Phi) is 2.04. The standard InChI is InChI=1S/C7H13N3/c1-4-6(2)7-8-5-9-10(7)3/h5-6H,4H2,1-3H3. The average Bonchev–Trinajstić information content (AvgIpc) is 2.34. The summed E-state index contributed by atoms with van der Waals surface area (Å²) in [6.45, 7) is 4.31. The van der Waals surface area contributed by atoms with Gasteiger partial charge in [0, 0.05) is 13.0 Å². The molecule has 0 aliphatic rings. The van der Waals surface area contributed by atoms with Crippen LogP contribution in [0.4, 0.5) is 0 Å². The van der Waals surface area contributed by atoms with Gasteiger partial charge in [-0.25, -0.2) is 4.98 Å². The molecule has 0 bridgehead atoms. The Balaban J connectivity index is 2.82. The van der Waals surface area contributed by atoms with Gasteiger partial charge in [-0.2, -0.15) is 5.10 Å². The maximum Gasteiger partial charge on any atom is 0.138 e. The molecule has 1 aromatic rings. The maximum absolute atomic E-state index is 4.14. The molecule has 0 amide bonds. The Morgan fingerprint density at radius 1 is 1.70 bits per heavy atom. The lowest BCUT2D eigenvalue weighted by molar-refractivity contribution is 0.609. The summed E-state index contributed by atoms with van der Waals surface area (Å²) in [4.78, 5) is 4.14. The molecule has 0 radical (unpaired) electrons. The van der Waals surface area contributed by atoms with Crippen molar-refractivity contribution in [2.45, 2.75) is 26.2 Å². The number of hydrogen-bond donors (Lipinski definition) is 0. The minimum atomic E-state index is 0.521. The highest BCUT2D eigenvalue weighted by atomic mass is 15.3. The molecule has 3 heteroatoms. The molecule has 3 nitrogen and oxygen atoms in total. The summed E-state index contributed by atoms with van der Waals surface area (Å²) in [6, 6.07) is 0. The van der Waals surface area contributed by atoms with E-state index in [4.69, 9.17) is 0 Å². The topological polar surface area (TPSA) is 30.7 Å². The van der Waals surface area contributed by atoms with Crippen molar-refractivity contribution in [1.82, 2.24) is 14.8 Å². The Bertz CT molecular complexity index is 204. The quantitative estimate of drug-likeness (QED) is 0.618. The van der Waals surface area contributed by atoms with Crippen molar-refractivity contribution in [3.05, 3.63) is 12.2 Å². The van der Waals surface area contributed by atoms with Crippen molar-refractivity contribution in [2.75, 3.05) is 0 Å². The van der Waals surface area contributed by atoms with Crippen molar-refractivity contribution in [2.24, 2.45) is 7.05 Å². The molecular weight excluding hydrogens is 126 g/mol. The van der Waals surface area contributed by atoms with Gasteiger partial charge >= 0.3 is 0 Å². The SMILES string of the molecule is CCC(C)c1ncnn1C. The highest BCUT2D eigenvalue weighted by Gasteiger charge is 2.07. The fraction of sp³-hybridized carbons (Fsp3) is 0.714. The molecular formula is C7H13N3. The molecule has 1 atom stereocenters. The summed E-state index contributed by atoms with van der Waals surface area (Å²) in [5, 5.41) is 3.99. The van der Waals surface area contributed by atoms with Crippen LogP contribution in [0.2, 0.25) is 0 Å². The fourth-order valence-electron chi connectivity index (χ4n) is 0.934. The lowest BCUT2D eigenvalue weighted by Crippen LogP contribution is -2.02. The van der Waals surface area contributed by atoms with Gasteiger partial charge in [0.15, 0.2) is 0 Å². The van der Waals surface area contributed by atoms with Gasteiger partial charge in [0.25, 0.3) is 0 Å². The van der Waals surface area contributed by atoms with Gasteiger partial charge in [-0.1, -0.05) is 13.8 Å². The summed E-state index contributed by atoms with van der Waals surface area (Å²) in [6.07, 6.45) is 2.72. The third kappa shape index (κ3) is 1.17. The number of hydrogen-bond acceptors (Lipinski definition) is 2. The van der Waals surface area contributed by atoms with Crippen LogP contribution in [-0.2, 0) is 7.05 Å². The Morgan fingerprint density at radius 3 is 2.80 bits per heavy atom. The van der Waals surface area contributed by atoms with Crippen LogP contribution in [-0.4, -0.2) is 14.8 Å². The first-order chi connectivity index (χ1) is 4.75. The molecule has 1 rings (SSSR count). The minimum absolute atomic E-state index is 0.521. The Labute approximate surface area is 61.1 Å². The number of rotatable bonds is 2. The Hall–Kier alpha value is -0.860. The second kappa shape index (κ2) is 2.82. The van der Waals surface area contributed by atoms with Crippen LogP contribution < -0.4 is 0 Å². The highest BCUT2D eigenvalue weighted by molar-refractivity contribution is 4.91. The van der Waals surface area contributed by atoms with E-state index in [1.807, 2.05) is 11.7 Å². The van der Waals surface area contributed by atoms with E-state index in [1.54, 1.807) is 6.33 Å². The van der Waals surface area contributed by atoms with Crippen molar-refractivity contribution in [1.29, 1.82) is 0 Å². The monoisotopic (exact) mass is 139 g/mol. The smallest absolute Gasteiger partial charge is 0.138 e. The summed E-state index contributed by atoms with van der Waals surface area (Å²) in [5.41, 5.74) is 0. The van der Waals surface area contributed by atoms with E-state index >= 15 is 0 Å². The van der Waals surface area contributed by atoms with Gasteiger partial charge in [-0.3, -0.25) is 4.68 Å². The second-order valence-electron chi connectivity index (χ2n) is 2.55. The Morgan fingerprint density at radius 2 is 2.40 bits per heavy atom. The van der Waals surface area contributed by atoms with E-state index in [-0.39, 0.29) is 0 Å². The van der Waals surface area contributed by atoms with E-state index in [2.05, 4.69) is 23.9 Å². The molecule has 1 heterocycles. The first kappa shape index (κ1) is 7.25. The molecule has 0 aromatic carbocycles. The highest BCUT2D eigenvalue weighted by Crippen LogP contribution is 2.13. The maximum atomic E-state index is 4.14. The van der Waals surface area contributed by atoms with Gasteiger partial charge in [-0.15, -0.1) is 0 Å². The van der Waals surface area contributed by atoms with E-state index in [1.165, 1.54) is 0 Å². The molecule has 1 unspecified atom stereocenters. The van der Waals surface area contributed by atoms with Gasteiger partial charge in [0.1, 0.15) is 12.2 Å². The third-order valence-electron chi connectivity index (χ3n) is 1.80. The molecule has 0 aliphatic heterocycles. The van der Waals surface area contributed by atoms with Crippen LogP contribution >= 0.6 is 0 Å². The minimum Gasteiger partial charge on any atom is -0.253 e. The zero-order chi connectivity index (χ0) is 7.56. The van der Waals surface area contributed by atoms with E-state index in [9.17, 15) is 0 Å². The molecule has 0 saturated carbocycles. The summed E-state index contributed by atoms with van der Waals surface area (Å²) >= 11 is 0. The predicted molar refractivity (Wildman–Crippen MR) is 39.7 cm³/mol. The second-order valence-corrected chi connectivity index (χ2v) is 2.55.